The molecule has 0 amide bonds. The second-order valence-electron chi connectivity index (χ2n) is 5.47. The maximum atomic E-state index is 10.1. The van der Waals surface area contributed by atoms with Gasteiger partial charge >= 0.3 is 0 Å². The largest absolute Gasteiger partial charge is 0.389 e. The molecule has 112 valence electrons. The number of β-amino-alcohol motifs (C(OH)–C–C–N with tert-alkyl or cyclic N) is 1. The quantitative estimate of drug-likeness (QED) is 0.873. The van der Waals surface area contributed by atoms with Gasteiger partial charge in [-0.05, 0) is 12.5 Å². The minimum absolute atomic E-state index is 0.402. The highest BCUT2D eigenvalue weighted by Crippen LogP contribution is 2.24. The van der Waals surface area contributed by atoms with Crippen molar-refractivity contribution in [3.63, 3.8) is 0 Å². The summed E-state index contributed by atoms with van der Waals surface area (Å²) >= 11 is 2.02. The molecule has 3 nitrogen and oxygen atoms in total. The normalized spacial score (nSPS) is 25.6. The van der Waals surface area contributed by atoms with Gasteiger partial charge in [0.1, 0.15) is 0 Å². The van der Waals surface area contributed by atoms with E-state index in [0.717, 1.165) is 17.9 Å². The van der Waals surface area contributed by atoms with Gasteiger partial charge in [0.15, 0.2) is 0 Å². The van der Waals surface area contributed by atoms with Crippen LogP contribution in [0.15, 0.2) is 30.3 Å². The standard InChI is InChI=1S/C16H25NO2S/c1-13-14(2)20-9-8-17(13)10-16(18)12-19-11-15-6-4-3-5-7-15/h3-7,13-14,16,18H,8-12H2,1-2H3. The molecule has 0 aromatic heterocycles. The lowest BCUT2D eigenvalue weighted by molar-refractivity contribution is 0.00422. The van der Waals surface area contributed by atoms with Gasteiger partial charge < -0.3 is 9.84 Å². The third kappa shape index (κ3) is 4.77. The van der Waals surface area contributed by atoms with Gasteiger partial charge in [0, 0.05) is 30.1 Å². The Bertz CT molecular complexity index is 387. The van der Waals surface area contributed by atoms with E-state index in [1.807, 2.05) is 42.1 Å². The number of aliphatic hydroxyl groups excluding tert-OH is 1. The van der Waals surface area contributed by atoms with Crippen molar-refractivity contribution < 1.29 is 9.84 Å². The molecule has 1 aromatic rings. The molecule has 4 heteroatoms. The molecule has 20 heavy (non-hydrogen) atoms. The van der Waals surface area contributed by atoms with Crippen LogP contribution in [0.1, 0.15) is 19.4 Å². The number of benzene rings is 1. The Labute approximate surface area is 126 Å². The molecule has 2 rings (SSSR count). The fourth-order valence-corrected chi connectivity index (χ4v) is 3.63. The first-order valence-electron chi connectivity index (χ1n) is 7.32. The lowest BCUT2D eigenvalue weighted by atomic mass is 10.2. The molecular weight excluding hydrogens is 270 g/mol. The minimum atomic E-state index is -0.406. The molecule has 1 fully saturated rings. The van der Waals surface area contributed by atoms with Crippen LogP contribution in [0.5, 0.6) is 0 Å². The molecule has 1 aliphatic heterocycles. The van der Waals surface area contributed by atoms with Crippen LogP contribution < -0.4 is 0 Å². The molecule has 0 spiro atoms. The van der Waals surface area contributed by atoms with Gasteiger partial charge in [-0.25, -0.2) is 0 Å². The van der Waals surface area contributed by atoms with Crippen LogP contribution in [0.3, 0.4) is 0 Å². The number of aliphatic hydroxyl groups is 1. The van der Waals surface area contributed by atoms with Crippen LogP contribution in [0.4, 0.5) is 0 Å². The van der Waals surface area contributed by atoms with E-state index in [1.54, 1.807) is 0 Å². The molecular formula is C16H25NO2S. The van der Waals surface area contributed by atoms with Crippen molar-refractivity contribution in [2.75, 3.05) is 25.4 Å². The number of hydrogen-bond donors (Lipinski definition) is 1. The number of rotatable bonds is 6. The highest BCUT2D eigenvalue weighted by atomic mass is 32.2. The molecule has 0 aliphatic carbocycles. The van der Waals surface area contributed by atoms with E-state index in [-0.39, 0.29) is 0 Å². The van der Waals surface area contributed by atoms with E-state index < -0.39 is 6.10 Å². The molecule has 1 aliphatic rings. The molecule has 1 heterocycles. The fraction of sp³-hybridized carbons (Fsp3) is 0.625. The van der Waals surface area contributed by atoms with Crippen molar-refractivity contribution in [3.05, 3.63) is 35.9 Å². The second-order valence-corrected chi connectivity index (χ2v) is 6.95. The highest BCUT2D eigenvalue weighted by molar-refractivity contribution is 8.00. The summed E-state index contributed by atoms with van der Waals surface area (Å²) in [5.74, 6) is 1.16. The Balaban J connectivity index is 1.68. The van der Waals surface area contributed by atoms with Crippen LogP contribution in [0.25, 0.3) is 0 Å². The van der Waals surface area contributed by atoms with Crippen molar-refractivity contribution in [2.24, 2.45) is 0 Å². The summed E-state index contributed by atoms with van der Waals surface area (Å²) in [7, 11) is 0. The van der Waals surface area contributed by atoms with Gasteiger partial charge in [0.2, 0.25) is 0 Å². The van der Waals surface area contributed by atoms with Gasteiger partial charge in [-0.15, -0.1) is 0 Å². The third-order valence-electron chi connectivity index (χ3n) is 3.88. The first-order chi connectivity index (χ1) is 9.66. The van der Waals surface area contributed by atoms with Crippen molar-refractivity contribution in [2.45, 2.75) is 37.9 Å². The number of nitrogens with zero attached hydrogens (tertiary/aromatic N) is 1. The fourth-order valence-electron chi connectivity index (χ4n) is 2.46. The molecule has 3 unspecified atom stereocenters. The molecule has 1 saturated heterocycles. The predicted molar refractivity (Wildman–Crippen MR) is 85.1 cm³/mol. The van der Waals surface area contributed by atoms with Gasteiger partial charge in [0.05, 0.1) is 19.3 Å². The zero-order valence-corrected chi connectivity index (χ0v) is 13.2. The molecule has 0 saturated carbocycles. The van der Waals surface area contributed by atoms with E-state index in [4.69, 9.17) is 4.74 Å². The van der Waals surface area contributed by atoms with Crippen molar-refractivity contribution >= 4 is 11.8 Å². The lowest BCUT2D eigenvalue weighted by Crippen LogP contribution is -2.48. The first-order valence-corrected chi connectivity index (χ1v) is 8.37. The van der Waals surface area contributed by atoms with Crippen molar-refractivity contribution in [1.82, 2.24) is 4.90 Å². The zero-order valence-electron chi connectivity index (χ0n) is 12.4. The van der Waals surface area contributed by atoms with Crippen LogP contribution >= 0.6 is 11.8 Å². The smallest absolute Gasteiger partial charge is 0.0900 e. The highest BCUT2D eigenvalue weighted by Gasteiger charge is 2.26. The van der Waals surface area contributed by atoms with Crippen molar-refractivity contribution in [3.8, 4) is 0 Å². The topological polar surface area (TPSA) is 32.7 Å². The maximum absolute atomic E-state index is 10.1. The zero-order chi connectivity index (χ0) is 14.4. The van der Waals surface area contributed by atoms with Crippen LogP contribution in [-0.4, -0.2) is 52.9 Å². The number of ether oxygens (including phenoxy) is 1. The van der Waals surface area contributed by atoms with E-state index in [0.29, 0.717) is 31.1 Å². The molecule has 1 aromatic carbocycles. The summed E-state index contributed by atoms with van der Waals surface area (Å²) in [6, 6.07) is 10.6. The van der Waals surface area contributed by atoms with E-state index in [2.05, 4.69) is 18.7 Å². The molecule has 0 bridgehead atoms. The minimum Gasteiger partial charge on any atom is -0.389 e. The van der Waals surface area contributed by atoms with E-state index in [1.165, 1.54) is 0 Å². The van der Waals surface area contributed by atoms with Crippen LogP contribution in [-0.2, 0) is 11.3 Å². The second kappa shape index (κ2) is 8.03. The molecule has 0 radical (unpaired) electrons. The SMILES string of the molecule is CC1SCCN(CC(O)COCc2ccccc2)C1C. The molecule has 1 N–H and O–H groups in total. The van der Waals surface area contributed by atoms with Gasteiger partial charge in [0.25, 0.3) is 0 Å². The van der Waals surface area contributed by atoms with Crippen LogP contribution in [0, 0.1) is 0 Å². The van der Waals surface area contributed by atoms with E-state index in [9.17, 15) is 5.11 Å². The Morgan fingerprint density at radius 1 is 1.35 bits per heavy atom. The maximum Gasteiger partial charge on any atom is 0.0900 e. The number of hydrogen-bond acceptors (Lipinski definition) is 4. The molecule has 3 atom stereocenters. The van der Waals surface area contributed by atoms with Crippen molar-refractivity contribution in [1.29, 1.82) is 0 Å². The van der Waals surface area contributed by atoms with Gasteiger partial charge in [-0.2, -0.15) is 11.8 Å². The average Bonchev–Trinajstić information content (AvgIpc) is 2.45. The summed E-state index contributed by atoms with van der Waals surface area (Å²) in [4.78, 5) is 2.37. The Morgan fingerprint density at radius 2 is 2.10 bits per heavy atom. The predicted octanol–water partition coefficient (Wildman–Crippen LogP) is 2.39. The summed E-state index contributed by atoms with van der Waals surface area (Å²) in [5, 5.41) is 10.7. The summed E-state index contributed by atoms with van der Waals surface area (Å²) in [5.41, 5.74) is 1.15. The monoisotopic (exact) mass is 295 g/mol. The van der Waals surface area contributed by atoms with E-state index >= 15 is 0 Å². The summed E-state index contributed by atoms with van der Waals surface area (Å²) < 4.78 is 5.60. The third-order valence-corrected chi connectivity index (χ3v) is 5.22. The summed E-state index contributed by atoms with van der Waals surface area (Å²) in [6.45, 7) is 7.25. The van der Waals surface area contributed by atoms with Crippen LogP contribution in [0.2, 0.25) is 0 Å². The Hall–Kier alpha value is -0.550. The Kier molecular flexibility index (Phi) is 6.36. The average molecular weight is 295 g/mol. The summed E-state index contributed by atoms with van der Waals surface area (Å²) in [6.07, 6.45) is -0.406. The lowest BCUT2D eigenvalue weighted by Gasteiger charge is -2.38. The Morgan fingerprint density at radius 3 is 2.85 bits per heavy atom. The number of thioether (sulfide) groups is 1. The first kappa shape index (κ1) is 15.8. The van der Waals surface area contributed by atoms with Gasteiger partial charge in [-0.3, -0.25) is 4.90 Å². The van der Waals surface area contributed by atoms with Gasteiger partial charge in [-0.1, -0.05) is 37.3 Å².